The van der Waals surface area contributed by atoms with Crippen molar-refractivity contribution >= 4 is 11.8 Å². The Hall–Kier alpha value is 0.604. The monoisotopic (exact) mass is 377 g/mol. The molecular weight excluding hydrogens is 355 g/mol. The molecule has 1 atom stereocenters. The summed E-state index contributed by atoms with van der Waals surface area (Å²) in [5.74, 6) is 0. The maximum Gasteiger partial charge on any atom is -1.00 e. The molecule has 0 aliphatic heterocycles. The van der Waals surface area contributed by atoms with Gasteiger partial charge in [0.2, 0.25) is 0 Å². The third kappa shape index (κ3) is 3.58. The van der Waals surface area contributed by atoms with Crippen LogP contribution < -0.4 is 24.8 Å². The minimum absolute atomic E-state index is 0. The SMILES string of the molecule is CSC1(C(C)(C)C2=[C]([Ti+2])CC=C2)CC=C(C)C=C1C.[Cl-].[Cl-]. The van der Waals surface area contributed by atoms with Gasteiger partial charge in [-0.25, -0.2) is 0 Å². The minimum atomic E-state index is 0. The molecule has 0 heterocycles. The van der Waals surface area contributed by atoms with Gasteiger partial charge in [-0.1, -0.05) is 0 Å². The number of hydrogen-bond donors (Lipinski definition) is 0. The van der Waals surface area contributed by atoms with Crippen molar-refractivity contribution in [2.75, 3.05) is 6.26 Å². The van der Waals surface area contributed by atoms with Gasteiger partial charge in [0.15, 0.2) is 0 Å². The van der Waals surface area contributed by atoms with Crippen LogP contribution in [0, 0.1) is 5.41 Å². The summed E-state index contributed by atoms with van der Waals surface area (Å²) in [7, 11) is 0. The van der Waals surface area contributed by atoms with Crippen LogP contribution in [0.2, 0.25) is 0 Å². The van der Waals surface area contributed by atoms with Crippen molar-refractivity contribution in [2.45, 2.75) is 45.3 Å². The average molecular weight is 378 g/mol. The van der Waals surface area contributed by atoms with Crippen molar-refractivity contribution in [1.82, 2.24) is 0 Å². The number of hydrogen-bond acceptors (Lipinski definition) is 1. The summed E-state index contributed by atoms with van der Waals surface area (Å²) in [6, 6.07) is 0. The van der Waals surface area contributed by atoms with Crippen molar-refractivity contribution in [3.05, 3.63) is 44.9 Å². The van der Waals surface area contributed by atoms with E-state index < -0.39 is 0 Å². The smallest absolute Gasteiger partial charge is 1.00 e. The molecule has 2 rings (SSSR count). The van der Waals surface area contributed by atoms with E-state index in [0.717, 1.165) is 12.8 Å². The molecule has 0 N–H and O–H groups in total. The minimum Gasteiger partial charge on any atom is -1.00 e. The van der Waals surface area contributed by atoms with Crippen molar-refractivity contribution in [2.24, 2.45) is 5.41 Å². The largest absolute Gasteiger partial charge is 1.00 e. The summed E-state index contributed by atoms with van der Waals surface area (Å²) >= 11 is 4.30. The van der Waals surface area contributed by atoms with Crippen LogP contribution in [0.25, 0.3) is 0 Å². The van der Waals surface area contributed by atoms with Gasteiger partial charge in [-0.3, -0.25) is 0 Å². The topological polar surface area (TPSA) is 0 Å². The van der Waals surface area contributed by atoms with Crippen LogP contribution in [0.3, 0.4) is 0 Å². The second kappa shape index (κ2) is 7.93. The molecule has 2 aliphatic rings. The summed E-state index contributed by atoms with van der Waals surface area (Å²) < 4.78 is 1.73. The van der Waals surface area contributed by atoms with Crippen LogP contribution in [-0.2, 0) is 20.4 Å². The summed E-state index contributed by atoms with van der Waals surface area (Å²) in [6.07, 6.45) is 14.0. The van der Waals surface area contributed by atoms with Gasteiger partial charge in [0.25, 0.3) is 0 Å². The fourth-order valence-electron chi connectivity index (χ4n) is 3.54. The Bertz CT molecular complexity index is 515. The van der Waals surface area contributed by atoms with E-state index in [-0.39, 0.29) is 35.0 Å². The fraction of sp³-hybridized carbons (Fsp3) is 0.529. The molecule has 4 heteroatoms. The number of halogens is 2. The Morgan fingerprint density at radius 3 is 2.29 bits per heavy atom. The van der Waals surface area contributed by atoms with Crippen molar-refractivity contribution in [3.63, 3.8) is 0 Å². The first kappa shape index (κ1) is 21.6. The standard InChI is InChI=1S/C17H23S.2ClH.Ti/c1-13-10-11-17(18-5,14(2)12-13)16(3,4)15-8-6-7-9-15;;;/h6,8,10,12H,7,11H2,1-5H3;2*1H;/q;;;+2/p-2. The van der Waals surface area contributed by atoms with Gasteiger partial charge < -0.3 is 24.8 Å². The zero-order valence-corrected chi connectivity index (χ0v) is 17.3. The number of allylic oxidation sites excluding steroid dienone is 7. The van der Waals surface area contributed by atoms with E-state index in [9.17, 15) is 0 Å². The van der Waals surface area contributed by atoms with Crippen LogP contribution in [0.5, 0.6) is 0 Å². The van der Waals surface area contributed by atoms with Crippen LogP contribution in [0.1, 0.15) is 40.5 Å². The first-order chi connectivity index (χ1) is 8.85. The third-order valence-electron chi connectivity index (χ3n) is 4.76. The molecule has 0 fully saturated rings. The molecule has 0 bridgehead atoms. The molecule has 21 heavy (non-hydrogen) atoms. The van der Waals surface area contributed by atoms with Crippen molar-refractivity contribution < 1.29 is 45.2 Å². The van der Waals surface area contributed by atoms with E-state index in [2.05, 4.69) is 78.7 Å². The normalized spacial score (nSPS) is 25.1. The number of thioether (sulfide) groups is 1. The Morgan fingerprint density at radius 2 is 1.86 bits per heavy atom. The molecule has 115 valence electrons. The second-order valence-corrected chi connectivity index (χ2v) is 8.18. The molecule has 0 spiro atoms. The maximum atomic E-state index is 2.42. The predicted molar refractivity (Wildman–Crippen MR) is 82.9 cm³/mol. The molecule has 0 saturated heterocycles. The van der Waals surface area contributed by atoms with Gasteiger partial charge in [-0.2, -0.15) is 0 Å². The van der Waals surface area contributed by atoms with E-state index in [0.29, 0.717) is 0 Å². The van der Waals surface area contributed by atoms with Crippen LogP contribution >= 0.6 is 11.8 Å². The summed E-state index contributed by atoms with van der Waals surface area (Å²) in [4.78, 5) is 0. The van der Waals surface area contributed by atoms with E-state index >= 15 is 0 Å². The van der Waals surface area contributed by atoms with E-state index in [1.165, 1.54) is 15.0 Å². The Morgan fingerprint density at radius 1 is 1.24 bits per heavy atom. The Kier molecular flexibility index (Phi) is 8.16. The summed E-state index contributed by atoms with van der Waals surface area (Å²) in [6.45, 7) is 9.36. The predicted octanol–water partition coefficient (Wildman–Crippen LogP) is -0.820. The molecule has 0 radical (unpaired) electrons. The Balaban J connectivity index is 0.00000200. The van der Waals surface area contributed by atoms with E-state index in [4.69, 9.17) is 0 Å². The van der Waals surface area contributed by atoms with Crippen LogP contribution in [0.15, 0.2) is 44.9 Å². The molecule has 0 amide bonds. The summed E-state index contributed by atoms with van der Waals surface area (Å²) in [5.41, 5.74) is 4.64. The molecule has 1 unspecified atom stereocenters. The molecule has 0 aromatic rings. The molecule has 2 aliphatic carbocycles. The quantitative estimate of drug-likeness (QED) is 0.579. The van der Waals surface area contributed by atoms with Gasteiger partial charge in [-0.05, 0) is 0 Å². The van der Waals surface area contributed by atoms with E-state index in [1.54, 1.807) is 5.57 Å². The zero-order chi connectivity index (χ0) is 14.3. The zero-order valence-electron chi connectivity index (χ0n) is 13.4. The molecular formula is C17H23Cl2STi. The van der Waals surface area contributed by atoms with E-state index in [1.807, 2.05) is 11.8 Å². The number of rotatable bonds is 3. The Labute approximate surface area is 158 Å². The van der Waals surface area contributed by atoms with Gasteiger partial charge >= 0.3 is 134 Å². The first-order valence-electron chi connectivity index (χ1n) is 6.87. The summed E-state index contributed by atoms with van der Waals surface area (Å²) in [5, 5.41) is 0. The van der Waals surface area contributed by atoms with Gasteiger partial charge in [0.05, 0.1) is 0 Å². The molecule has 0 aromatic carbocycles. The third-order valence-corrected chi connectivity index (χ3v) is 7.19. The molecule has 0 saturated carbocycles. The molecule has 0 nitrogen and oxygen atoms in total. The van der Waals surface area contributed by atoms with Gasteiger partial charge in [0, 0.05) is 0 Å². The van der Waals surface area contributed by atoms with Gasteiger partial charge in [0.1, 0.15) is 0 Å². The van der Waals surface area contributed by atoms with Crippen molar-refractivity contribution in [1.29, 1.82) is 0 Å². The fourth-order valence-corrected chi connectivity index (χ4v) is 5.59. The second-order valence-electron chi connectivity index (χ2n) is 6.13. The molecule has 0 aromatic heterocycles. The van der Waals surface area contributed by atoms with Crippen LogP contribution in [0.4, 0.5) is 0 Å². The average Bonchev–Trinajstić information content (AvgIpc) is 2.76. The van der Waals surface area contributed by atoms with Crippen LogP contribution in [-0.4, -0.2) is 11.0 Å². The van der Waals surface area contributed by atoms with Crippen molar-refractivity contribution in [3.8, 4) is 0 Å². The van der Waals surface area contributed by atoms with Gasteiger partial charge in [-0.15, -0.1) is 0 Å². The first-order valence-corrected chi connectivity index (χ1v) is 8.88. The maximum absolute atomic E-state index is 2.42.